The Labute approximate surface area is 242 Å². The van der Waals surface area contributed by atoms with Gasteiger partial charge < -0.3 is 14.6 Å². The normalized spacial score (nSPS) is 16.5. The molecule has 0 spiro atoms. The molecule has 41 heavy (non-hydrogen) atoms. The molecule has 0 aliphatic carbocycles. The van der Waals surface area contributed by atoms with E-state index in [4.69, 9.17) is 21.1 Å². The molecular weight excluding hydrogens is 592 g/mol. The topological polar surface area (TPSA) is 51.6 Å². The molecule has 1 unspecified atom stereocenters. The second-order valence-corrected chi connectivity index (χ2v) is 11.0. The fourth-order valence-corrected chi connectivity index (χ4v) is 5.58. The van der Waals surface area contributed by atoms with Crippen LogP contribution in [0.1, 0.15) is 42.0 Å². The molecule has 12 heteroatoms. The Morgan fingerprint density at radius 1 is 1.02 bits per heavy atom. The average Bonchev–Trinajstić information content (AvgIpc) is 3.09. The van der Waals surface area contributed by atoms with Crippen LogP contribution < -0.4 is 4.74 Å². The molecule has 1 aliphatic rings. The highest BCUT2D eigenvalue weighted by Crippen LogP contribution is 2.37. The van der Waals surface area contributed by atoms with Gasteiger partial charge in [0.2, 0.25) is 5.88 Å². The summed E-state index contributed by atoms with van der Waals surface area (Å²) < 4.78 is 88.5. The minimum Gasteiger partial charge on any atom is -0.512 e. The van der Waals surface area contributed by atoms with Gasteiger partial charge in [0.25, 0.3) is 0 Å². The lowest BCUT2D eigenvalue weighted by atomic mass is 9.94. The van der Waals surface area contributed by atoms with E-state index in [1.807, 2.05) is 6.92 Å². The standard InChI is InChI=1S/C29H26ClF6NO3S/c1-2-18-12-21(40-27-25(30)13-20(14-37-27)29(34,35)36)5-8-23(18)24-16-39-15-17(11-26(24)38)9-10-41-22-6-3-19(4-7-22)28(31,32)33/h3-8,12-14,17,38H,2,9-11,15-16H2,1H3. The number of hydrogen-bond donors (Lipinski definition) is 1. The summed E-state index contributed by atoms with van der Waals surface area (Å²) in [7, 11) is 0. The number of rotatable bonds is 8. The zero-order valence-corrected chi connectivity index (χ0v) is 23.4. The first-order valence-electron chi connectivity index (χ1n) is 12.7. The van der Waals surface area contributed by atoms with E-state index in [-0.39, 0.29) is 29.2 Å². The van der Waals surface area contributed by atoms with Gasteiger partial charge in [0.1, 0.15) is 10.8 Å². The summed E-state index contributed by atoms with van der Waals surface area (Å²) in [6.45, 7) is 2.53. The number of nitrogens with zero attached hydrogens (tertiary/aromatic N) is 1. The molecule has 220 valence electrons. The highest BCUT2D eigenvalue weighted by atomic mass is 35.5. The molecule has 4 nitrogen and oxygen atoms in total. The summed E-state index contributed by atoms with van der Waals surface area (Å²) in [4.78, 5) is 4.44. The van der Waals surface area contributed by atoms with Crippen LogP contribution in [0.5, 0.6) is 11.6 Å². The van der Waals surface area contributed by atoms with E-state index < -0.39 is 23.5 Å². The summed E-state index contributed by atoms with van der Waals surface area (Å²) in [6.07, 6.45) is -6.64. The maximum atomic E-state index is 12.9. The highest BCUT2D eigenvalue weighted by Gasteiger charge is 2.32. The minimum absolute atomic E-state index is 0.0232. The van der Waals surface area contributed by atoms with E-state index in [1.54, 1.807) is 18.2 Å². The zero-order chi connectivity index (χ0) is 29.8. The number of aryl methyl sites for hydroxylation is 1. The van der Waals surface area contributed by atoms with Crippen molar-refractivity contribution in [3.63, 3.8) is 0 Å². The monoisotopic (exact) mass is 617 g/mol. The van der Waals surface area contributed by atoms with Gasteiger partial charge in [-0.05, 0) is 78.1 Å². The fourth-order valence-electron chi connectivity index (χ4n) is 4.36. The van der Waals surface area contributed by atoms with Crippen molar-refractivity contribution in [2.45, 2.75) is 43.4 Å². The number of pyridine rings is 1. The van der Waals surface area contributed by atoms with Gasteiger partial charge in [-0.2, -0.15) is 26.3 Å². The minimum atomic E-state index is -4.58. The molecule has 0 amide bonds. The van der Waals surface area contributed by atoms with Crippen LogP contribution in [-0.2, 0) is 23.5 Å². The molecule has 2 aromatic carbocycles. The number of alkyl halides is 6. The van der Waals surface area contributed by atoms with Crippen LogP contribution in [-0.4, -0.2) is 29.1 Å². The molecular formula is C29H26ClF6NO3S. The first-order chi connectivity index (χ1) is 19.3. The molecule has 0 saturated heterocycles. The van der Waals surface area contributed by atoms with Gasteiger partial charge >= 0.3 is 12.4 Å². The van der Waals surface area contributed by atoms with E-state index in [2.05, 4.69) is 4.98 Å². The molecule has 0 fully saturated rings. The molecule has 4 rings (SSSR count). The second-order valence-electron chi connectivity index (χ2n) is 9.45. The van der Waals surface area contributed by atoms with E-state index >= 15 is 0 Å². The first kappa shape index (κ1) is 31.1. The number of aliphatic hydroxyl groups is 1. The fraction of sp³-hybridized carbons (Fsp3) is 0.345. The van der Waals surface area contributed by atoms with Crippen LogP contribution >= 0.6 is 23.4 Å². The molecule has 2 heterocycles. The van der Waals surface area contributed by atoms with Crippen LogP contribution in [0.4, 0.5) is 26.3 Å². The van der Waals surface area contributed by atoms with Crippen molar-refractivity contribution in [3.8, 4) is 11.6 Å². The van der Waals surface area contributed by atoms with Crippen molar-refractivity contribution in [1.82, 2.24) is 4.98 Å². The largest absolute Gasteiger partial charge is 0.512 e. The van der Waals surface area contributed by atoms with Crippen molar-refractivity contribution < 1.29 is 40.9 Å². The van der Waals surface area contributed by atoms with Crippen LogP contribution in [0.2, 0.25) is 5.02 Å². The predicted octanol–water partition coefficient (Wildman–Crippen LogP) is 9.62. The molecule has 0 saturated carbocycles. The molecule has 0 radical (unpaired) electrons. The Morgan fingerprint density at radius 2 is 1.73 bits per heavy atom. The molecule has 1 N–H and O–H groups in total. The van der Waals surface area contributed by atoms with Gasteiger partial charge in [-0.25, -0.2) is 4.98 Å². The molecule has 1 aromatic heterocycles. The van der Waals surface area contributed by atoms with Crippen molar-refractivity contribution in [2.75, 3.05) is 19.0 Å². The highest BCUT2D eigenvalue weighted by molar-refractivity contribution is 7.99. The van der Waals surface area contributed by atoms with Gasteiger partial charge in [-0.3, -0.25) is 0 Å². The number of benzene rings is 2. The van der Waals surface area contributed by atoms with Gasteiger partial charge in [-0.1, -0.05) is 24.6 Å². The number of ether oxygens (including phenoxy) is 2. The van der Waals surface area contributed by atoms with Gasteiger partial charge in [0.15, 0.2) is 0 Å². The van der Waals surface area contributed by atoms with E-state index in [1.165, 1.54) is 23.9 Å². The lowest BCUT2D eigenvalue weighted by molar-refractivity contribution is -0.138. The smallest absolute Gasteiger partial charge is 0.417 e. The quantitative estimate of drug-likeness (QED) is 0.201. The first-order valence-corrected chi connectivity index (χ1v) is 14.0. The van der Waals surface area contributed by atoms with Crippen LogP contribution in [0.3, 0.4) is 0 Å². The summed E-state index contributed by atoms with van der Waals surface area (Å²) in [5.41, 5.74) is 0.562. The number of halogens is 7. The van der Waals surface area contributed by atoms with E-state index in [0.717, 1.165) is 34.2 Å². The Kier molecular flexibility index (Phi) is 9.81. The maximum absolute atomic E-state index is 12.9. The Bertz CT molecular complexity index is 1390. The van der Waals surface area contributed by atoms with Crippen LogP contribution in [0.25, 0.3) is 5.57 Å². The van der Waals surface area contributed by atoms with Crippen molar-refractivity contribution in [1.29, 1.82) is 0 Å². The third kappa shape index (κ3) is 8.11. The number of hydrogen-bond acceptors (Lipinski definition) is 5. The Hall–Kier alpha value is -2.89. The maximum Gasteiger partial charge on any atom is 0.417 e. The van der Waals surface area contributed by atoms with E-state index in [0.29, 0.717) is 49.1 Å². The summed E-state index contributed by atoms with van der Waals surface area (Å²) >= 11 is 7.41. The number of aliphatic hydroxyl groups excluding tert-OH is 1. The summed E-state index contributed by atoms with van der Waals surface area (Å²) in [6, 6.07) is 10.9. The third-order valence-corrected chi connectivity index (χ3v) is 7.85. The SMILES string of the molecule is CCc1cc(Oc2ncc(C(F)(F)F)cc2Cl)ccc1C1=C(O)CC(CCSc2ccc(C(F)(F)F)cc2)COC1. The number of thioether (sulfide) groups is 1. The summed E-state index contributed by atoms with van der Waals surface area (Å²) in [5.74, 6) is 1.03. The van der Waals surface area contributed by atoms with Crippen molar-refractivity contribution in [2.24, 2.45) is 5.92 Å². The summed E-state index contributed by atoms with van der Waals surface area (Å²) in [5, 5.41) is 10.7. The molecule has 0 bridgehead atoms. The van der Waals surface area contributed by atoms with Crippen molar-refractivity contribution >= 4 is 28.9 Å². The van der Waals surface area contributed by atoms with Crippen molar-refractivity contribution in [3.05, 3.63) is 87.8 Å². The third-order valence-electron chi connectivity index (χ3n) is 6.54. The molecule has 1 atom stereocenters. The van der Waals surface area contributed by atoms with E-state index in [9.17, 15) is 31.4 Å². The Balaban J connectivity index is 1.41. The van der Waals surface area contributed by atoms with Crippen LogP contribution in [0.15, 0.2) is 65.4 Å². The lowest BCUT2D eigenvalue weighted by Crippen LogP contribution is -2.09. The van der Waals surface area contributed by atoms with Gasteiger partial charge in [0.05, 0.1) is 30.1 Å². The number of allylic oxidation sites excluding steroid dienone is 1. The predicted molar refractivity (Wildman–Crippen MR) is 145 cm³/mol. The van der Waals surface area contributed by atoms with Gasteiger partial charge in [-0.15, -0.1) is 11.8 Å². The average molecular weight is 618 g/mol. The molecule has 1 aliphatic heterocycles. The second kappa shape index (κ2) is 13.0. The number of aromatic nitrogens is 1. The Morgan fingerprint density at radius 3 is 2.37 bits per heavy atom. The lowest BCUT2D eigenvalue weighted by Gasteiger charge is -2.15. The van der Waals surface area contributed by atoms with Gasteiger partial charge in [0, 0.05) is 23.1 Å². The zero-order valence-electron chi connectivity index (χ0n) is 21.8. The molecule has 3 aromatic rings. The van der Waals surface area contributed by atoms with Crippen LogP contribution in [0, 0.1) is 5.92 Å².